The summed E-state index contributed by atoms with van der Waals surface area (Å²) in [5.74, 6) is -0.148. The van der Waals surface area contributed by atoms with Crippen LogP contribution in [0.15, 0.2) is 45.5 Å². The first-order valence-electron chi connectivity index (χ1n) is 8.02. The Balaban J connectivity index is 1.65. The fraction of sp³-hybridized carbons (Fsp3) is 0.353. The van der Waals surface area contributed by atoms with E-state index in [0.717, 1.165) is 28.3 Å². The fourth-order valence-electron chi connectivity index (χ4n) is 2.71. The number of thiophene rings is 1. The number of carbonyl (C=O) groups is 1. The van der Waals surface area contributed by atoms with Crippen molar-refractivity contribution >= 4 is 44.7 Å². The van der Waals surface area contributed by atoms with Gasteiger partial charge in [0.15, 0.2) is 0 Å². The number of nitrogens with one attached hydrogen (secondary N) is 1. The Hall–Kier alpha value is -1.35. The molecule has 1 fully saturated rings. The third kappa shape index (κ3) is 4.44. The first-order chi connectivity index (χ1) is 12.0. The molecule has 1 aliphatic heterocycles. The maximum absolute atomic E-state index is 12.5. The van der Waals surface area contributed by atoms with Crippen molar-refractivity contribution in [3.8, 4) is 0 Å². The summed E-state index contributed by atoms with van der Waals surface area (Å²) in [6.45, 7) is 1.17. The molecule has 1 aliphatic rings. The molecule has 0 bridgehead atoms. The maximum atomic E-state index is 12.5. The standard InChI is InChI=1S/C17H20N2O3S3/c1-23-14-6-4-5-13(11-14)18-16(20)12-15-7-8-17(24-15)25(21,22)19-9-2-3-10-19/h4-8,11H,2-3,9-10,12H2,1H3,(H,18,20). The highest BCUT2D eigenvalue weighted by molar-refractivity contribution is 7.98. The lowest BCUT2D eigenvalue weighted by Crippen LogP contribution is -2.27. The zero-order valence-corrected chi connectivity index (χ0v) is 16.3. The molecule has 2 aromatic rings. The molecule has 0 saturated carbocycles. The lowest BCUT2D eigenvalue weighted by Gasteiger charge is -2.13. The van der Waals surface area contributed by atoms with Gasteiger partial charge in [0, 0.05) is 28.5 Å². The molecular weight excluding hydrogens is 376 g/mol. The van der Waals surface area contributed by atoms with Gasteiger partial charge in [-0.15, -0.1) is 23.1 Å². The van der Waals surface area contributed by atoms with Crippen LogP contribution in [-0.2, 0) is 21.2 Å². The van der Waals surface area contributed by atoms with Crippen LogP contribution in [0.1, 0.15) is 17.7 Å². The summed E-state index contributed by atoms with van der Waals surface area (Å²) in [6.07, 6.45) is 3.97. The normalized spacial score (nSPS) is 15.4. The van der Waals surface area contributed by atoms with Gasteiger partial charge < -0.3 is 5.32 Å². The van der Waals surface area contributed by atoms with Gasteiger partial charge in [0.2, 0.25) is 5.91 Å². The quantitative estimate of drug-likeness (QED) is 0.760. The van der Waals surface area contributed by atoms with Crippen LogP contribution in [-0.4, -0.2) is 38.0 Å². The molecule has 0 unspecified atom stereocenters. The van der Waals surface area contributed by atoms with E-state index in [-0.39, 0.29) is 12.3 Å². The summed E-state index contributed by atoms with van der Waals surface area (Å²) in [5.41, 5.74) is 0.748. The second-order valence-corrected chi connectivity index (χ2v) is 10.0. The molecular formula is C17H20N2O3S3. The summed E-state index contributed by atoms with van der Waals surface area (Å²) < 4.78 is 26.9. The molecule has 0 atom stereocenters. The lowest BCUT2D eigenvalue weighted by atomic mass is 10.3. The smallest absolute Gasteiger partial charge is 0.252 e. The second kappa shape index (κ2) is 7.90. The number of rotatable bonds is 6. The largest absolute Gasteiger partial charge is 0.326 e. The Morgan fingerprint density at radius 3 is 2.72 bits per heavy atom. The van der Waals surface area contributed by atoms with Crippen LogP contribution in [0.3, 0.4) is 0 Å². The highest BCUT2D eigenvalue weighted by Gasteiger charge is 2.28. The van der Waals surface area contributed by atoms with Crippen LogP contribution in [0.5, 0.6) is 0 Å². The minimum Gasteiger partial charge on any atom is -0.326 e. The third-order valence-corrected chi connectivity index (χ3v) is 8.16. The van der Waals surface area contributed by atoms with Crippen molar-refractivity contribution in [3.05, 3.63) is 41.3 Å². The van der Waals surface area contributed by atoms with Gasteiger partial charge >= 0.3 is 0 Å². The molecule has 1 amide bonds. The van der Waals surface area contributed by atoms with Crippen LogP contribution in [0, 0.1) is 0 Å². The first-order valence-corrected chi connectivity index (χ1v) is 11.5. The van der Waals surface area contributed by atoms with Gasteiger partial charge in [0.1, 0.15) is 4.21 Å². The fourth-order valence-corrected chi connectivity index (χ4v) is 6.20. The van der Waals surface area contributed by atoms with Crippen molar-refractivity contribution in [2.45, 2.75) is 28.4 Å². The van der Waals surface area contributed by atoms with E-state index in [0.29, 0.717) is 17.3 Å². The van der Waals surface area contributed by atoms with E-state index in [2.05, 4.69) is 5.32 Å². The molecule has 1 N–H and O–H groups in total. The number of anilines is 1. The van der Waals surface area contributed by atoms with E-state index in [1.54, 1.807) is 23.9 Å². The summed E-state index contributed by atoms with van der Waals surface area (Å²) in [4.78, 5) is 14.0. The molecule has 8 heteroatoms. The Bertz CT molecular complexity index is 856. The topological polar surface area (TPSA) is 66.5 Å². The van der Waals surface area contributed by atoms with Gasteiger partial charge in [-0.3, -0.25) is 4.79 Å². The van der Waals surface area contributed by atoms with E-state index >= 15 is 0 Å². The van der Waals surface area contributed by atoms with Gasteiger partial charge in [0.05, 0.1) is 6.42 Å². The van der Waals surface area contributed by atoms with E-state index < -0.39 is 10.0 Å². The third-order valence-electron chi connectivity index (χ3n) is 3.98. The van der Waals surface area contributed by atoms with Crippen LogP contribution in [0.4, 0.5) is 5.69 Å². The van der Waals surface area contributed by atoms with Crippen molar-refractivity contribution in [2.75, 3.05) is 24.7 Å². The molecule has 1 aromatic heterocycles. The molecule has 0 aliphatic carbocycles. The summed E-state index contributed by atoms with van der Waals surface area (Å²) >= 11 is 2.79. The Morgan fingerprint density at radius 2 is 2.00 bits per heavy atom. The Morgan fingerprint density at radius 1 is 1.24 bits per heavy atom. The minimum absolute atomic E-state index is 0.148. The maximum Gasteiger partial charge on any atom is 0.252 e. The average Bonchev–Trinajstić information content (AvgIpc) is 3.27. The number of hydrogen-bond donors (Lipinski definition) is 1. The molecule has 134 valence electrons. The van der Waals surface area contributed by atoms with Gasteiger partial charge in [0.25, 0.3) is 10.0 Å². The van der Waals surface area contributed by atoms with Crippen molar-refractivity contribution < 1.29 is 13.2 Å². The van der Waals surface area contributed by atoms with Crippen LogP contribution in [0.2, 0.25) is 0 Å². The van der Waals surface area contributed by atoms with Crippen LogP contribution < -0.4 is 5.32 Å². The monoisotopic (exact) mass is 396 g/mol. The predicted molar refractivity (Wildman–Crippen MR) is 103 cm³/mol. The van der Waals surface area contributed by atoms with E-state index in [4.69, 9.17) is 0 Å². The number of thioether (sulfide) groups is 1. The number of benzene rings is 1. The number of sulfonamides is 1. The van der Waals surface area contributed by atoms with Crippen molar-refractivity contribution in [1.29, 1.82) is 0 Å². The highest BCUT2D eigenvalue weighted by Crippen LogP contribution is 2.28. The number of amides is 1. The first kappa shape index (κ1) is 18.4. The highest BCUT2D eigenvalue weighted by atomic mass is 32.2. The molecule has 0 spiro atoms. The van der Waals surface area contributed by atoms with Gasteiger partial charge in [-0.05, 0) is 49.4 Å². The lowest BCUT2D eigenvalue weighted by molar-refractivity contribution is -0.115. The molecule has 1 saturated heterocycles. The number of nitrogens with zero attached hydrogens (tertiary/aromatic N) is 1. The molecule has 2 heterocycles. The zero-order valence-electron chi connectivity index (χ0n) is 13.9. The van der Waals surface area contributed by atoms with Crippen molar-refractivity contribution in [2.24, 2.45) is 0 Å². The second-order valence-electron chi connectivity index (χ2n) is 5.79. The summed E-state index contributed by atoms with van der Waals surface area (Å²) in [7, 11) is -3.40. The van der Waals surface area contributed by atoms with Gasteiger partial charge in [-0.2, -0.15) is 4.31 Å². The molecule has 1 aromatic carbocycles. The van der Waals surface area contributed by atoms with E-state index in [1.165, 1.54) is 15.6 Å². The van der Waals surface area contributed by atoms with Gasteiger partial charge in [-0.25, -0.2) is 8.42 Å². The minimum atomic E-state index is -3.40. The van der Waals surface area contributed by atoms with Crippen molar-refractivity contribution in [3.63, 3.8) is 0 Å². The number of carbonyl (C=O) groups excluding carboxylic acids is 1. The number of hydrogen-bond acceptors (Lipinski definition) is 5. The summed E-state index contributed by atoms with van der Waals surface area (Å²) in [6, 6.07) is 11.0. The SMILES string of the molecule is CSc1cccc(NC(=O)Cc2ccc(S(=O)(=O)N3CCCC3)s2)c1. The summed E-state index contributed by atoms with van der Waals surface area (Å²) in [5, 5.41) is 2.86. The van der Waals surface area contributed by atoms with Crippen molar-refractivity contribution in [1.82, 2.24) is 4.31 Å². The van der Waals surface area contributed by atoms with E-state index in [1.807, 2.05) is 30.5 Å². The predicted octanol–water partition coefficient (Wildman–Crippen LogP) is 3.44. The Kier molecular flexibility index (Phi) is 5.83. The van der Waals surface area contributed by atoms with Crippen LogP contribution >= 0.6 is 23.1 Å². The van der Waals surface area contributed by atoms with Gasteiger partial charge in [-0.1, -0.05) is 6.07 Å². The molecule has 5 nitrogen and oxygen atoms in total. The molecule has 25 heavy (non-hydrogen) atoms. The van der Waals surface area contributed by atoms with E-state index in [9.17, 15) is 13.2 Å². The molecule has 3 rings (SSSR count). The Labute approximate surface area is 156 Å². The molecule has 0 radical (unpaired) electrons. The van der Waals surface area contributed by atoms with Crippen LogP contribution in [0.25, 0.3) is 0 Å². The average molecular weight is 397 g/mol. The zero-order chi connectivity index (χ0) is 17.9.